The Morgan fingerprint density at radius 3 is 2.75 bits per heavy atom. The van der Waals surface area contributed by atoms with Gasteiger partial charge in [0.15, 0.2) is 0 Å². The van der Waals surface area contributed by atoms with Crippen LogP contribution < -0.4 is 0 Å². The second kappa shape index (κ2) is 6.18. The zero-order valence-corrected chi connectivity index (χ0v) is 15.4. The van der Waals surface area contributed by atoms with Gasteiger partial charge in [0.05, 0.1) is 5.57 Å². The molecule has 24 heavy (non-hydrogen) atoms. The van der Waals surface area contributed by atoms with Gasteiger partial charge in [0.1, 0.15) is 0 Å². The summed E-state index contributed by atoms with van der Waals surface area (Å²) in [6.45, 7) is 11.6. The Labute approximate surface area is 145 Å². The van der Waals surface area contributed by atoms with Gasteiger partial charge >= 0.3 is 5.97 Å². The minimum atomic E-state index is -0.552. The molecule has 1 heterocycles. The lowest BCUT2D eigenvalue weighted by molar-refractivity contribution is -0.154. The summed E-state index contributed by atoms with van der Waals surface area (Å²) in [5, 5.41) is 0. The summed E-state index contributed by atoms with van der Waals surface area (Å²) >= 11 is 0. The van der Waals surface area contributed by atoms with E-state index >= 15 is 0 Å². The van der Waals surface area contributed by atoms with Crippen LogP contribution in [-0.4, -0.2) is 19.4 Å². The first kappa shape index (κ1) is 17.5. The van der Waals surface area contributed by atoms with Crippen LogP contribution in [0.15, 0.2) is 36.0 Å². The lowest BCUT2D eigenvalue weighted by atomic mass is 9.47. The standard InChI is InChI=1S/C21H30O3/c1-14-7-10-17-20(2,3)11-6-12-21(17,4)16(14)9-8-15-13-18(23-5)24-19(15)22/h8-9,13,16-18H,1,6-7,10-12H2,2-5H3. The van der Waals surface area contributed by atoms with Crippen molar-refractivity contribution in [3.63, 3.8) is 0 Å². The van der Waals surface area contributed by atoms with E-state index in [9.17, 15) is 4.79 Å². The Balaban J connectivity index is 1.87. The van der Waals surface area contributed by atoms with Crippen molar-refractivity contribution in [1.82, 2.24) is 0 Å². The fourth-order valence-electron chi connectivity index (χ4n) is 5.43. The van der Waals surface area contributed by atoms with Crippen LogP contribution in [0, 0.1) is 22.7 Å². The molecule has 0 bridgehead atoms. The predicted molar refractivity (Wildman–Crippen MR) is 95.2 cm³/mol. The molecule has 3 rings (SSSR count). The van der Waals surface area contributed by atoms with Crippen LogP contribution in [0.3, 0.4) is 0 Å². The number of carbonyl (C=O) groups is 1. The highest BCUT2D eigenvalue weighted by Gasteiger charge is 2.52. The number of carbonyl (C=O) groups excluding carboxylic acids is 1. The van der Waals surface area contributed by atoms with Gasteiger partial charge in [0.25, 0.3) is 0 Å². The fourth-order valence-corrected chi connectivity index (χ4v) is 5.43. The predicted octanol–water partition coefficient (Wildman–Crippen LogP) is 4.80. The third-order valence-corrected chi connectivity index (χ3v) is 6.66. The highest BCUT2D eigenvalue weighted by molar-refractivity contribution is 5.93. The number of hydrogen-bond acceptors (Lipinski definition) is 3. The third-order valence-electron chi connectivity index (χ3n) is 6.66. The Morgan fingerprint density at radius 1 is 1.33 bits per heavy atom. The van der Waals surface area contributed by atoms with Crippen molar-refractivity contribution in [1.29, 1.82) is 0 Å². The number of allylic oxidation sites excluding steroid dienone is 2. The van der Waals surface area contributed by atoms with Gasteiger partial charge in [-0.1, -0.05) is 51.5 Å². The third kappa shape index (κ3) is 2.88. The quantitative estimate of drug-likeness (QED) is 0.551. The number of cyclic esters (lactones) is 1. The molecule has 4 unspecified atom stereocenters. The molecule has 0 radical (unpaired) electrons. The van der Waals surface area contributed by atoms with Crippen molar-refractivity contribution >= 4 is 5.97 Å². The number of esters is 1. The summed E-state index contributed by atoms with van der Waals surface area (Å²) in [4.78, 5) is 11.9. The summed E-state index contributed by atoms with van der Waals surface area (Å²) in [5.74, 6) is 0.728. The highest BCUT2D eigenvalue weighted by Crippen LogP contribution is 2.61. The first-order valence-corrected chi connectivity index (χ1v) is 9.09. The first-order chi connectivity index (χ1) is 11.3. The summed E-state index contributed by atoms with van der Waals surface area (Å²) in [6, 6.07) is 0. The van der Waals surface area contributed by atoms with Crippen LogP contribution in [0.25, 0.3) is 0 Å². The molecule has 0 aromatic carbocycles. The lowest BCUT2D eigenvalue weighted by Crippen LogP contribution is -2.48. The normalized spacial score (nSPS) is 38.8. The molecule has 0 amide bonds. The molecule has 2 saturated carbocycles. The van der Waals surface area contributed by atoms with Crippen LogP contribution in [-0.2, 0) is 14.3 Å². The molecule has 0 aromatic heterocycles. The van der Waals surface area contributed by atoms with E-state index in [1.807, 2.05) is 6.08 Å². The van der Waals surface area contributed by atoms with E-state index in [0.717, 1.165) is 6.42 Å². The smallest absolute Gasteiger partial charge is 0.340 e. The molecular weight excluding hydrogens is 300 g/mol. The maximum Gasteiger partial charge on any atom is 0.340 e. The first-order valence-electron chi connectivity index (χ1n) is 9.09. The Morgan fingerprint density at radius 2 is 2.08 bits per heavy atom. The summed E-state index contributed by atoms with van der Waals surface area (Å²) in [5.41, 5.74) is 2.51. The van der Waals surface area contributed by atoms with Crippen molar-refractivity contribution in [3.05, 3.63) is 36.0 Å². The van der Waals surface area contributed by atoms with Gasteiger partial charge in [-0.15, -0.1) is 0 Å². The second-order valence-corrected chi connectivity index (χ2v) is 8.57. The maximum absolute atomic E-state index is 11.9. The zero-order valence-electron chi connectivity index (χ0n) is 15.4. The van der Waals surface area contributed by atoms with E-state index in [0.29, 0.717) is 22.8 Å². The Kier molecular flexibility index (Phi) is 4.50. The number of rotatable bonds is 3. The molecule has 3 heteroatoms. The van der Waals surface area contributed by atoms with Crippen LogP contribution in [0.4, 0.5) is 0 Å². The van der Waals surface area contributed by atoms with Crippen molar-refractivity contribution in [2.24, 2.45) is 22.7 Å². The molecule has 2 aliphatic carbocycles. The number of methoxy groups -OCH3 is 1. The van der Waals surface area contributed by atoms with Gasteiger partial charge < -0.3 is 9.47 Å². The lowest BCUT2D eigenvalue weighted by Gasteiger charge is -2.57. The average Bonchev–Trinajstić information content (AvgIpc) is 2.86. The van der Waals surface area contributed by atoms with E-state index in [2.05, 4.69) is 33.4 Å². The second-order valence-electron chi connectivity index (χ2n) is 8.57. The SMILES string of the molecule is C=C1CCC2C(C)(C)CCCC2(C)C1C=CC1=CC(OC)OC1=O. The topological polar surface area (TPSA) is 35.5 Å². The summed E-state index contributed by atoms with van der Waals surface area (Å²) in [7, 11) is 1.54. The molecule has 3 nitrogen and oxygen atoms in total. The van der Waals surface area contributed by atoms with E-state index < -0.39 is 6.29 Å². The molecule has 132 valence electrons. The van der Waals surface area contributed by atoms with Crippen molar-refractivity contribution < 1.29 is 14.3 Å². The monoisotopic (exact) mass is 330 g/mol. The Hall–Kier alpha value is -1.35. The fraction of sp³-hybridized carbons (Fsp3) is 0.667. The molecular formula is C21H30O3. The number of ether oxygens (including phenoxy) is 2. The number of fused-ring (bicyclic) bond motifs is 1. The summed E-state index contributed by atoms with van der Waals surface area (Å²) in [6.07, 6.45) is 11.5. The van der Waals surface area contributed by atoms with Crippen LogP contribution in [0.2, 0.25) is 0 Å². The van der Waals surface area contributed by atoms with Crippen LogP contribution >= 0.6 is 0 Å². The molecule has 1 aliphatic heterocycles. The molecule has 0 spiro atoms. The van der Waals surface area contributed by atoms with E-state index in [1.54, 1.807) is 13.2 Å². The minimum Gasteiger partial charge on any atom is -0.428 e. The minimum absolute atomic E-state index is 0.233. The summed E-state index contributed by atoms with van der Waals surface area (Å²) < 4.78 is 10.2. The van der Waals surface area contributed by atoms with E-state index in [-0.39, 0.29) is 11.4 Å². The zero-order chi connectivity index (χ0) is 17.5. The molecule has 0 N–H and O–H groups in total. The van der Waals surface area contributed by atoms with Crippen LogP contribution in [0.5, 0.6) is 0 Å². The molecule has 0 saturated heterocycles. The van der Waals surface area contributed by atoms with E-state index in [1.165, 1.54) is 31.3 Å². The van der Waals surface area contributed by atoms with Crippen LogP contribution in [0.1, 0.15) is 52.9 Å². The largest absolute Gasteiger partial charge is 0.428 e. The maximum atomic E-state index is 11.9. The Bertz CT molecular complexity index is 598. The average molecular weight is 330 g/mol. The van der Waals surface area contributed by atoms with Gasteiger partial charge in [-0.3, -0.25) is 0 Å². The molecule has 2 fully saturated rings. The van der Waals surface area contributed by atoms with Gasteiger partial charge in [0.2, 0.25) is 6.29 Å². The molecule has 0 aromatic rings. The van der Waals surface area contributed by atoms with Crippen molar-refractivity contribution in [3.8, 4) is 0 Å². The molecule has 3 aliphatic rings. The molecule has 4 atom stereocenters. The van der Waals surface area contributed by atoms with Crippen molar-refractivity contribution in [2.75, 3.05) is 7.11 Å². The van der Waals surface area contributed by atoms with E-state index in [4.69, 9.17) is 9.47 Å². The van der Waals surface area contributed by atoms with Crippen molar-refractivity contribution in [2.45, 2.75) is 59.2 Å². The van der Waals surface area contributed by atoms with Gasteiger partial charge in [-0.25, -0.2) is 4.79 Å². The van der Waals surface area contributed by atoms with Gasteiger partial charge in [0, 0.05) is 13.0 Å². The van der Waals surface area contributed by atoms with Gasteiger partial charge in [-0.2, -0.15) is 0 Å². The number of hydrogen-bond donors (Lipinski definition) is 0. The highest BCUT2D eigenvalue weighted by atomic mass is 16.7. The van der Waals surface area contributed by atoms with Gasteiger partial charge in [-0.05, 0) is 48.5 Å².